The molecular formula is C16H27NO2. The lowest BCUT2D eigenvalue weighted by molar-refractivity contribution is 0.112. The Bertz CT molecular complexity index is 427. The van der Waals surface area contributed by atoms with Crippen molar-refractivity contribution in [3.05, 3.63) is 28.8 Å². The Morgan fingerprint density at radius 1 is 1.26 bits per heavy atom. The minimum Gasteiger partial charge on any atom is -0.496 e. The van der Waals surface area contributed by atoms with Crippen molar-refractivity contribution in [2.75, 3.05) is 27.3 Å². The molecule has 3 nitrogen and oxygen atoms in total. The Morgan fingerprint density at radius 2 is 1.89 bits per heavy atom. The summed E-state index contributed by atoms with van der Waals surface area (Å²) in [5.74, 6) is 0.972. The Balaban J connectivity index is 2.87. The Kier molecular flexibility index (Phi) is 5.39. The van der Waals surface area contributed by atoms with Gasteiger partial charge in [-0.15, -0.1) is 0 Å². The van der Waals surface area contributed by atoms with Gasteiger partial charge in [0.25, 0.3) is 0 Å². The van der Waals surface area contributed by atoms with E-state index in [1.54, 1.807) is 7.11 Å². The first kappa shape index (κ1) is 16.0. The number of rotatable bonds is 6. The fourth-order valence-electron chi connectivity index (χ4n) is 2.58. The van der Waals surface area contributed by atoms with Gasteiger partial charge in [-0.05, 0) is 26.5 Å². The van der Waals surface area contributed by atoms with E-state index in [1.807, 2.05) is 0 Å². The lowest BCUT2D eigenvalue weighted by Gasteiger charge is -2.29. The van der Waals surface area contributed by atoms with Crippen LogP contribution in [0.5, 0.6) is 5.75 Å². The van der Waals surface area contributed by atoms with Crippen molar-refractivity contribution in [2.45, 2.75) is 34.2 Å². The third-order valence-electron chi connectivity index (χ3n) is 3.27. The number of methoxy groups -OCH3 is 1. The van der Waals surface area contributed by atoms with Crippen LogP contribution in [0.1, 0.15) is 30.5 Å². The predicted molar refractivity (Wildman–Crippen MR) is 79.7 cm³/mol. The fraction of sp³-hybridized carbons (Fsp3) is 0.625. The minimum absolute atomic E-state index is 0.0825. The lowest BCUT2D eigenvalue weighted by atomic mass is 9.94. The number of hydrogen-bond acceptors (Lipinski definition) is 3. The van der Waals surface area contributed by atoms with Gasteiger partial charge >= 0.3 is 0 Å². The van der Waals surface area contributed by atoms with Gasteiger partial charge in [0.15, 0.2) is 0 Å². The average molecular weight is 265 g/mol. The van der Waals surface area contributed by atoms with Gasteiger partial charge in [-0.2, -0.15) is 0 Å². The zero-order valence-corrected chi connectivity index (χ0v) is 13.1. The third kappa shape index (κ3) is 4.51. The quantitative estimate of drug-likeness (QED) is 0.858. The summed E-state index contributed by atoms with van der Waals surface area (Å²) in [7, 11) is 3.80. The molecule has 108 valence electrons. The Hall–Kier alpha value is -1.06. The molecule has 1 aromatic rings. The predicted octanol–water partition coefficient (Wildman–Crippen LogP) is 2.76. The highest BCUT2D eigenvalue weighted by molar-refractivity contribution is 5.43. The molecule has 0 radical (unpaired) electrons. The molecule has 0 aliphatic carbocycles. The number of aryl methyl sites for hydroxylation is 2. The van der Waals surface area contributed by atoms with Crippen LogP contribution in [0.25, 0.3) is 0 Å². The van der Waals surface area contributed by atoms with Crippen LogP contribution >= 0.6 is 0 Å². The summed E-state index contributed by atoms with van der Waals surface area (Å²) >= 11 is 0. The average Bonchev–Trinajstić information content (AvgIpc) is 2.27. The molecule has 0 saturated carbocycles. The van der Waals surface area contributed by atoms with Crippen LogP contribution in [0, 0.1) is 19.3 Å². The second-order valence-electron chi connectivity index (χ2n) is 6.27. The molecule has 0 aliphatic heterocycles. The summed E-state index contributed by atoms with van der Waals surface area (Å²) in [6, 6.07) is 4.31. The summed E-state index contributed by atoms with van der Waals surface area (Å²) in [6.07, 6.45) is 0. The lowest BCUT2D eigenvalue weighted by Crippen LogP contribution is -2.33. The van der Waals surface area contributed by atoms with E-state index in [-0.39, 0.29) is 12.0 Å². The zero-order valence-electron chi connectivity index (χ0n) is 13.1. The number of benzene rings is 1. The summed E-state index contributed by atoms with van der Waals surface area (Å²) in [4.78, 5) is 2.23. The van der Waals surface area contributed by atoms with Crippen LogP contribution < -0.4 is 4.74 Å². The second-order valence-corrected chi connectivity index (χ2v) is 6.27. The summed E-state index contributed by atoms with van der Waals surface area (Å²) < 4.78 is 5.51. The SMILES string of the molecule is COc1c(C)cc(C)cc1CN(C)CC(C)(C)CO. The van der Waals surface area contributed by atoms with Crippen molar-refractivity contribution in [2.24, 2.45) is 5.41 Å². The topological polar surface area (TPSA) is 32.7 Å². The Morgan fingerprint density at radius 3 is 2.42 bits per heavy atom. The fourth-order valence-corrected chi connectivity index (χ4v) is 2.58. The molecule has 3 heteroatoms. The maximum Gasteiger partial charge on any atom is 0.126 e. The van der Waals surface area contributed by atoms with E-state index in [9.17, 15) is 5.11 Å². The van der Waals surface area contributed by atoms with Gasteiger partial charge < -0.3 is 14.7 Å². The highest BCUT2D eigenvalue weighted by Crippen LogP contribution is 2.27. The molecule has 19 heavy (non-hydrogen) atoms. The van der Waals surface area contributed by atoms with Crippen molar-refractivity contribution in [1.82, 2.24) is 4.90 Å². The van der Waals surface area contributed by atoms with E-state index in [1.165, 1.54) is 16.7 Å². The van der Waals surface area contributed by atoms with Crippen LogP contribution in [0.4, 0.5) is 0 Å². The van der Waals surface area contributed by atoms with Crippen molar-refractivity contribution in [3.8, 4) is 5.75 Å². The standard InChI is InChI=1S/C16H27NO2/c1-12-7-13(2)15(19-6)14(8-12)9-17(5)10-16(3,4)11-18/h7-8,18H,9-11H2,1-6H3. The smallest absolute Gasteiger partial charge is 0.126 e. The van der Waals surface area contributed by atoms with E-state index in [0.717, 1.165) is 18.8 Å². The number of ether oxygens (including phenoxy) is 1. The van der Waals surface area contributed by atoms with Crippen LogP contribution in [-0.2, 0) is 6.54 Å². The van der Waals surface area contributed by atoms with E-state index in [4.69, 9.17) is 4.74 Å². The molecule has 0 atom stereocenters. The molecule has 0 amide bonds. The maximum absolute atomic E-state index is 9.35. The first-order valence-electron chi connectivity index (χ1n) is 6.72. The van der Waals surface area contributed by atoms with Crippen molar-refractivity contribution >= 4 is 0 Å². The van der Waals surface area contributed by atoms with E-state index < -0.39 is 0 Å². The van der Waals surface area contributed by atoms with Crippen molar-refractivity contribution < 1.29 is 9.84 Å². The molecule has 0 bridgehead atoms. The molecule has 1 aromatic carbocycles. The normalized spacial score (nSPS) is 12.0. The molecule has 0 spiro atoms. The van der Waals surface area contributed by atoms with Gasteiger partial charge in [-0.3, -0.25) is 0 Å². The van der Waals surface area contributed by atoms with Gasteiger partial charge in [0.05, 0.1) is 7.11 Å². The molecule has 0 heterocycles. The summed E-state index contributed by atoms with van der Waals surface area (Å²) in [5.41, 5.74) is 3.55. The second kappa shape index (κ2) is 6.40. The Labute approximate surface area is 117 Å². The van der Waals surface area contributed by atoms with Crippen LogP contribution in [-0.4, -0.2) is 37.3 Å². The third-order valence-corrected chi connectivity index (χ3v) is 3.27. The van der Waals surface area contributed by atoms with E-state index in [0.29, 0.717) is 0 Å². The molecular weight excluding hydrogens is 238 g/mol. The molecule has 0 aliphatic rings. The van der Waals surface area contributed by atoms with Crippen molar-refractivity contribution in [3.63, 3.8) is 0 Å². The minimum atomic E-state index is -0.0825. The largest absolute Gasteiger partial charge is 0.496 e. The van der Waals surface area contributed by atoms with Gasteiger partial charge in [-0.1, -0.05) is 31.5 Å². The number of aliphatic hydroxyl groups excluding tert-OH is 1. The summed E-state index contributed by atoms with van der Waals surface area (Å²) in [6.45, 7) is 10.2. The van der Waals surface area contributed by atoms with Gasteiger partial charge in [0.2, 0.25) is 0 Å². The highest BCUT2D eigenvalue weighted by atomic mass is 16.5. The first-order valence-corrected chi connectivity index (χ1v) is 6.72. The molecule has 1 rings (SSSR count). The van der Waals surface area contributed by atoms with Crippen LogP contribution in [0.2, 0.25) is 0 Å². The van der Waals surface area contributed by atoms with Gasteiger partial charge in [0.1, 0.15) is 5.75 Å². The monoisotopic (exact) mass is 265 g/mol. The molecule has 0 unspecified atom stereocenters. The molecule has 0 saturated heterocycles. The number of nitrogens with zero attached hydrogens (tertiary/aromatic N) is 1. The van der Waals surface area contributed by atoms with E-state index in [2.05, 4.69) is 51.8 Å². The first-order chi connectivity index (χ1) is 8.79. The van der Waals surface area contributed by atoms with Gasteiger partial charge in [-0.25, -0.2) is 0 Å². The maximum atomic E-state index is 9.35. The van der Waals surface area contributed by atoms with E-state index >= 15 is 0 Å². The highest BCUT2D eigenvalue weighted by Gasteiger charge is 2.20. The van der Waals surface area contributed by atoms with Crippen LogP contribution in [0.3, 0.4) is 0 Å². The summed E-state index contributed by atoms with van der Waals surface area (Å²) in [5, 5.41) is 9.35. The molecule has 0 fully saturated rings. The van der Waals surface area contributed by atoms with Crippen molar-refractivity contribution in [1.29, 1.82) is 0 Å². The number of hydrogen-bond donors (Lipinski definition) is 1. The zero-order chi connectivity index (χ0) is 14.6. The molecule has 1 N–H and O–H groups in total. The van der Waals surface area contributed by atoms with Gasteiger partial charge in [0, 0.05) is 30.7 Å². The number of aliphatic hydroxyl groups is 1. The molecule has 0 aromatic heterocycles. The van der Waals surface area contributed by atoms with Crippen LogP contribution in [0.15, 0.2) is 12.1 Å².